The van der Waals surface area contributed by atoms with Crippen LogP contribution in [0.2, 0.25) is 5.02 Å². The third-order valence-corrected chi connectivity index (χ3v) is 3.74. The van der Waals surface area contributed by atoms with Crippen molar-refractivity contribution in [1.82, 2.24) is 14.9 Å². The maximum Gasteiger partial charge on any atom is 0.0952 e. The van der Waals surface area contributed by atoms with Crippen molar-refractivity contribution in [3.05, 3.63) is 52.6 Å². The lowest BCUT2D eigenvalue weighted by molar-refractivity contribution is 0.524. The number of benzene rings is 1. The molecule has 0 spiro atoms. The lowest BCUT2D eigenvalue weighted by atomic mass is 9.98. The van der Waals surface area contributed by atoms with Crippen LogP contribution in [0.1, 0.15) is 29.9 Å². The first-order chi connectivity index (χ1) is 8.79. The van der Waals surface area contributed by atoms with Gasteiger partial charge in [-0.25, -0.2) is 4.98 Å². The molecule has 0 saturated heterocycles. The highest BCUT2D eigenvalue weighted by molar-refractivity contribution is 6.30. The molecule has 1 unspecified atom stereocenters. The number of imidazole rings is 1. The van der Waals surface area contributed by atoms with Crippen LogP contribution in [0.4, 0.5) is 0 Å². The fourth-order valence-electron chi connectivity index (χ4n) is 2.57. The lowest BCUT2D eigenvalue weighted by Crippen LogP contribution is -2.32. The van der Waals surface area contributed by atoms with Crippen LogP contribution in [0, 0.1) is 0 Å². The normalized spacial score (nSPS) is 18.7. The summed E-state index contributed by atoms with van der Waals surface area (Å²) in [5.74, 6) is 0. The van der Waals surface area contributed by atoms with Gasteiger partial charge in [0.15, 0.2) is 0 Å². The number of nitrogens with zero attached hydrogens (tertiary/aromatic N) is 2. The third kappa shape index (κ3) is 1.93. The SMILES string of the molecule is CCn1cnc2c1C(c1ccc(Cl)cc1)NCC2. The van der Waals surface area contributed by atoms with Crippen LogP contribution in [0.15, 0.2) is 30.6 Å². The highest BCUT2D eigenvalue weighted by Gasteiger charge is 2.25. The monoisotopic (exact) mass is 261 g/mol. The van der Waals surface area contributed by atoms with Crippen molar-refractivity contribution in [3.63, 3.8) is 0 Å². The van der Waals surface area contributed by atoms with Crippen LogP contribution in [-0.2, 0) is 13.0 Å². The van der Waals surface area contributed by atoms with Crippen molar-refractivity contribution in [3.8, 4) is 0 Å². The minimum absolute atomic E-state index is 0.230. The Bertz CT molecular complexity index is 531. The van der Waals surface area contributed by atoms with Crippen LogP contribution in [0.3, 0.4) is 0 Å². The van der Waals surface area contributed by atoms with Gasteiger partial charge in [-0.15, -0.1) is 0 Å². The Hall–Kier alpha value is -1.32. The molecule has 0 bridgehead atoms. The van der Waals surface area contributed by atoms with Gasteiger partial charge < -0.3 is 9.88 Å². The molecule has 2 aromatic rings. The number of aromatic nitrogens is 2. The second kappa shape index (κ2) is 4.75. The molecule has 1 aromatic heterocycles. The molecule has 2 heterocycles. The summed E-state index contributed by atoms with van der Waals surface area (Å²) in [5.41, 5.74) is 3.76. The predicted molar refractivity (Wildman–Crippen MR) is 72.9 cm³/mol. The quantitative estimate of drug-likeness (QED) is 0.901. The van der Waals surface area contributed by atoms with Crippen LogP contribution in [0.5, 0.6) is 0 Å². The molecule has 1 atom stereocenters. The van der Waals surface area contributed by atoms with E-state index < -0.39 is 0 Å². The molecular weight excluding hydrogens is 246 g/mol. The van der Waals surface area contributed by atoms with E-state index in [-0.39, 0.29) is 6.04 Å². The Morgan fingerprint density at radius 1 is 1.39 bits per heavy atom. The van der Waals surface area contributed by atoms with Crippen molar-refractivity contribution in [2.75, 3.05) is 6.54 Å². The molecule has 1 aliphatic heterocycles. The van der Waals surface area contributed by atoms with Gasteiger partial charge in [-0.3, -0.25) is 0 Å². The number of aryl methyl sites for hydroxylation is 1. The van der Waals surface area contributed by atoms with Gasteiger partial charge in [-0.05, 0) is 24.6 Å². The van der Waals surface area contributed by atoms with E-state index in [1.54, 1.807) is 0 Å². The summed E-state index contributed by atoms with van der Waals surface area (Å²) in [6.45, 7) is 4.07. The minimum Gasteiger partial charge on any atom is -0.333 e. The van der Waals surface area contributed by atoms with Crippen molar-refractivity contribution in [2.24, 2.45) is 0 Å². The molecule has 0 radical (unpaired) electrons. The molecule has 18 heavy (non-hydrogen) atoms. The van der Waals surface area contributed by atoms with E-state index in [0.29, 0.717) is 0 Å². The van der Waals surface area contributed by atoms with E-state index in [2.05, 4.69) is 33.9 Å². The van der Waals surface area contributed by atoms with Crippen LogP contribution in [-0.4, -0.2) is 16.1 Å². The van der Waals surface area contributed by atoms with Crippen LogP contribution >= 0.6 is 11.6 Å². The molecule has 1 N–H and O–H groups in total. The molecule has 0 saturated carbocycles. The van der Waals surface area contributed by atoms with Crippen molar-refractivity contribution >= 4 is 11.6 Å². The fraction of sp³-hybridized carbons (Fsp3) is 0.357. The molecule has 4 heteroatoms. The average Bonchev–Trinajstić information content (AvgIpc) is 2.82. The Kier molecular flexibility index (Phi) is 3.10. The average molecular weight is 262 g/mol. The largest absolute Gasteiger partial charge is 0.333 e. The van der Waals surface area contributed by atoms with Gasteiger partial charge in [-0.1, -0.05) is 23.7 Å². The molecule has 0 fully saturated rings. The van der Waals surface area contributed by atoms with Gasteiger partial charge in [-0.2, -0.15) is 0 Å². The van der Waals surface area contributed by atoms with Crippen molar-refractivity contribution in [2.45, 2.75) is 25.9 Å². The van der Waals surface area contributed by atoms with Crippen molar-refractivity contribution in [1.29, 1.82) is 0 Å². The summed E-state index contributed by atoms with van der Waals surface area (Å²) in [6.07, 6.45) is 2.95. The fourth-order valence-corrected chi connectivity index (χ4v) is 2.70. The molecule has 1 aromatic carbocycles. The lowest BCUT2D eigenvalue weighted by Gasteiger charge is -2.26. The highest BCUT2D eigenvalue weighted by atomic mass is 35.5. The topological polar surface area (TPSA) is 29.9 Å². The zero-order chi connectivity index (χ0) is 12.5. The van der Waals surface area contributed by atoms with E-state index >= 15 is 0 Å². The number of hydrogen-bond acceptors (Lipinski definition) is 2. The summed E-state index contributed by atoms with van der Waals surface area (Å²) >= 11 is 5.95. The zero-order valence-corrected chi connectivity index (χ0v) is 11.1. The molecule has 0 aliphatic carbocycles. The van der Waals surface area contributed by atoms with Gasteiger partial charge in [0.1, 0.15) is 0 Å². The van der Waals surface area contributed by atoms with E-state index in [1.165, 1.54) is 17.0 Å². The van der Waals surface area contributed by atoms with Gasteiger partial charge in [0.25, 0.3) is 0 Å². The molecule has 3 rings (SSSR count). The Morgan fingerprint density at radius 2 is 2.17 bits per heavy atom. The Morgan fingerprint density at radius 3 is 2.89 bits per heavy atom. The molecular formula is C14H16ClN3. The van der Waals surface area contributed by atoms with Gasteiger partial charge in [0.05, 0.1) is 23.8 Å². The first kappa shape index (κ1) is 11.8. The Balaban J connectivity index is 2.04. The second-order valence-electron chi connectivity index (χ2n) is 4.55. The molecule has 0 amide bonds. The number of rotatable bonds is 2. The van der Waals surface area contributed by atoms with Crippen molar-refractivity contribution < 1.29 is 0 Å². The van der Waals surface area contributed by atoms with E-state index in [1.807, 2.05) is 18.5 Å². The number of nitrogens with one attached hydrogen (secondary N) is 1. The first-order valence-corrected chi connectivity index (χ1v) is 6.70. The van der Waals surface area contributed by atoms with Crippen LogP contribution < -0.4 is 5.32 Å². The molecule has 1 aliphatic rings. The first-order valence-electron chi connectivity index (χ1n) is 6.32. The van der Waals surface area contributed by atoms with Gasteiger partial charge >= 0.3 is 0 Å². The number of hydrogen-bond donors (Lipinski definition) is 1. The summed E-state index contributed by atoms with van der Waals surface area (Å²) in [4.78, 5) is 4.52. The molecule has 94 valence electrons. The third-order valence-electron chi connectivity index (χ3n) is 3.49. The maximum absolute atomic E-state index is 5.95. The minimum atomic E-state index is 0.230. The maximum atomic E-state index is 5.95. The zero-order valence-electron chi connectivity index (χ0n) is 10.4. The van der Waals surface area contributed by atoms with Gasteiger partial charge in [0.2, 0.25) is 0 Å². The molecule has 3 nitrogen and oxygen atoms in total. The van der Waals surface area contributed by atoms with E-state index in [0.717, 1.165) is 24.5 Å². The van der Waals surface area contributed by atoms with E-state index in [4.69, 9.17) is 11.6 Å². The standard InChI is InChI=1S/C14H16ClN3/c1-2-18-9-17-12-7-8-16-13(14(12)18)10-3-5-11(15)6-4-10/h3-6,9,13,16H,2,7-8H2,1H3. The summed E-state index contributed by atoms with van der Waals surface area (Å²) < 4.78 is 2.22. The summed E-state index contributed by atoms with van der Waals surface area (Å²) in [5, 5.41) is 4.34. The summed E-state index contributed by atoms with van der Waals surface area (Å²) in [6, 6.07) is 8.29. The summed E-state index contributed by atoms with van der Waals surface area (Å²) in [7, 11) is 0. The number of halogens is 1. The van der Waals surface area contributed by atoms with E-state index in [9.17, 15) is 0 Å². The second-order valence-corrected chi connectivity index (χ2v) is 4.99. The highest BCUT2D eigenvalue weighted by Crippen LogP contribution is 2.28. The smallest absolute Gasteiger partial charge is 0.0952 e. The van der Waals surface area contributed by atoms with Gasteiger partial charge in [0, 0.05) is 24.5 Å². The Labute approximate surface area is 112 Å². The van der Waals surface area contributed by atoms with Crippen LogP contribution in [0.25, 0.3) is 0 Å². The number of fused-ring (bicyclic) bond motifs is 1. The predicted octanol–water partition coefficient (Wildman–Crippen LogP) is 2.79.